The average molecular weight is 476 g/mol. The van der Waals surface area contributed by atoms with Crippen LogP contribution in [-0.2, 0) is 16.1 Å². The van der Waals surface area contributed by atoms with Gasteiger partial charge in [-0.2, -0.15) is 0 Å². The molecule has 182 valence electrons. The lowest BCUT2D eigenvalue weighted by molar-refractivity contribution is -0.140. The SMILES string of the molecule is Cc1cc2nc(COC(=O)c3cccc(NC(=O)C45CC6CC(CC(C6)C4)C5)c3C)cc(=O)n2o1. The van der Waals surface area contributed by atoms with Crippen molar-refractivity contribution in [3.8, 4) is 0 Å². The van der Waals surface area contributed by atoms with E-state index in [-0.39, 0.29) is 23.5 Å². The van der Waals surface area contributed by atoms with Crippen LogP contribution in [0.15, 0.2) is 39.6 Å². The van der Waals surface area contributed by atoms with Crippen LogP contribution >= 0.6 is 0 Å². The number of carbonyl (C=O) groups is 2. The van der Waals surface area contributed by atoms with Crippen LogP contribution in [0.2, 0.25) is 0 Å². The topological polar surface area (TPSA) is 103 Å². The summed E-state index contributed by atoms with van der Waals surface area (Å²) in [6, 6.07) is 8.21. The quantitative estimate of drug-likeness (QED) is 0.548. The highest BCUT2D eigenvalue weighted by molar-refractivity contribution is 5.99. The second kappa shape index (κ2) is 8.07. The molecular weight excluding hydrogens is 446 g/mol. The summed E-state index contributed by atoms with van der Waals surface area (Å²) in [5.41, 5.74) is 1.77. The molecule has 8 heteroatoms. The number of nitrogens with one attached hydrogen (secondary N) is 1. The van der Waals surface area contributed by atoms with Gasteiger partial charge in [0, 0.05) is 17.8 Å². The average Bonchev–Trinajstić information content (AvgIpc) is 3.19. The lowest BCUT2D eigenvalue weighted by atomic mass is 9.49. The Kier molecular flexibility index (Phi) is 5.09. The van der Waals surface area contributed by atoms with Crippen molar-refractivity contribution in [3.63, 3.8) is 0 Å². The summed E-state index contributed by atoms with van der Waals surface area (Å²) >= 11 is 0. The number of hydrogen-bond donors (Lipinski definition) is 1. The standard InChI is InChI=1S/C27H29N3O5/c1-15-6-23-28-20(10-24(31)30(23)35-15)14-34-25(32)21-4-3-5-22(16(21)2)29-26(33)27-11-17-7-18(12-27)9-19(8-17)13-27/h3-6,10,17-19H,7-9,11-14H2,1-2H3,(H,29,33). The van der Waals surface area contributed by atoms with Crippen LogP contribution in [0.25, 0.3) is 5.65 Å². The highest BCUT2D eigenvalue weighted by Gasteiger charge is 2.54. The van der Waals surface area contributed by atoms with E-state index in [0.717, 1.165) is 23.8 Å². The Hall–Kier alpha value is -3.42. The number of esters is 1. The number of aromatic nitrogens is 2. The van der Waals surface area contributed by atoms with Crippen molar-refractivity contribution in [3.05, 3.63) is 63.3 Å². The van der Waals surface area contributed by atoms with Gasteiger partial charge in [0.1, 0.15) is 12.4 Å². The van der Waals surface area contributed by atoms with Crippen LogP contribution in [0.4, 0.5) is 5.69 Å². The molecule has 4 fully saturated rings. The Morgan fingerprint density at radius 3 is 2.49 bits per heavy atom. The van der Waals surface area contributed by atoms with Crippen molar-refractivity contribution in [2.24, 2.45) is 23.2 Å². The maximum atomic E-state index is 13.5. The van der Waals surface area contributed by atoms with Gasteiger partial charge in [-0.15, -0.1) is 4.57 Å². The second-order valence-corrected chi connectivity index (χ2v) is 10.8. The van der Waals surface area contributed by atoms with Crippen molar-refractivity contribution >= 4 is 23.2 Å². The lowest BCUT2D eigenvalue weighted by Gasteiger charge is -2.55. The predicted molar refractivity (Wildman–Crippen MR) is 128 cm³/mol. The van der Waals surface area contributed by atoms with Crippen LogP contribution in [0, 0.1) is 37.0 Å². The smallest absolute Gasteiger partial charge is 0.338 e. The van der Waals surface area contributed by atoms with E-state index in [4.69, 9.17) is 9.26 Å². The van der Waals surface area contributed by atoms with Crippen molar-refractivity contribution in [1.29, 1.82) is 0 Å². The Morgan fingerprint density at radius 1 is 1.11 bits per heavy atom. The molecule has 4 aliphatic rings. The highest BCUT2D eigenvalue weighted by Crippen LogP contribution is 2.60. The molecule has 0 spiro atoms. The fourth-order valence-electron chi connectivity index (χ4n) is 7.00. The summed E-state index contributed by atoms with van der Waals surface area (Å²) in [6.45, 7) is 3.40. The number of benzene rings is 1. The summed E-state index contributed by atoms with van der Waals surface area (Å²) in [4.78, 5) is 42.9. The lowest BCUT2D eigenvalue weighted by Crippen LogP contribution is -2.51. The number of hydrogen-bond acceptors (Lipinski definition) is 6. The van der Waals surface area contributed by atoms with Gasteiger partial charge in [-0.25, -0.2) is 9.78 Å². The molecule has 3 aromatic rings. The zero-order valence-electron chi connectivity index (χ0n) is 20.0. The third kappa shape index (κ3) is 3.85. The van der Waals surface area contributed by atoms with E-state index in [1.165, 1.54) is 25.3 Å². The summed E-state index contributed by atoms with van der Waals surface area (Å²) in [6.07, 6.45) is 6.79. The van der Waals surface area contributed by atoms with Crippen LogP contribution in [0.5, 0.6) is 0 Å². The summed E-state index contributed by atoms with van der Waals surface area (Å²) in [5.74, 6) is 2.17. The van der Waals surface area contributed by atoms with Crippen molar-refractivity contribution < 1.29 is 18.8 Å². The number of ether oxygens (including phenoxy) is 1. The van der Waals surface area contributed by atoms with E-state index in [0.29, 0.717) is 51.7 Å². The largest absolute Gasteiger partial charge is 0.456 e. The Bertz CT molecular complexity index is 1370. The summed E-state index contributed by atoms with van der Waals surface area (Å²) < 4.78 is 11.9. The molecule has 0 atom stereocenters. The number of carbonyl (C=O) groups excluding carboxylic acids is 2. The van der Waals surface area contributed by atoms with Crippen molar-refractivity contribution in [1.82, 2.24) is 9.56 Å². The summed E-state index contributed by atoms with van der Waals surface area (Å²) in [7, 11) is 0. The fourth-order valence-corrected chi connectivity index (χ4v) is 7.00. The molecule has 8 nitrogen and oxygen atoms in total. The molecule has 2 aromatic heterocycles. The Morgan fingerprint density at radius 2 is 1.80 bits per heavy atom. The normalized spacial score (nSPS) is 26.7. The van der Waals surface area contributed by atoms with Gasteiger partial charge in [0.25, 0.3) is 5.56 Å². The van der Waals surface area contributed by atoms with E-state index in [9.17, 15) is 14.4 Å². The molecule has 4 bridgehead atoms. The molecule has 4 saturated carbocycles. The van der Waals surface area contributed by atoms with Gasteiger partial charge in [-0.1, -0.05) is 6.07 Å². The highest BCUT2D eigenvalue weighted by atomic mass is 16.5. The minimum absolute atomic E-state index is 0.0959. The summed E-state index contributed by atoms with van der Waals surface area (Å²) in [5, 5.41) is 3.15. The third-order valence-corrected chi connectivity index (χ3v) is 8.20. The molecule has 1 aromatic carbocycles. The first kappa shape index (κ1) is 22.1. The fraction of sp³-hybridized carbons (Fsp3) is 0.481. The van der Waals surface area contributed by atoms with E-state index >= 15 is 0 Å². The van der Waals surface area contributed by atoms with E-state index in [2.05, 4.69) is 10.3 Å². The van der Waals surface area contributed by atoms with E-state index < -0.39 is 5.97 Å². The molecule has 1 amide bonds. The van der Waals surface area contributed by atoms with E-state index in [1.54, 1.807) is 25.1 Å². The van der Waals surface area contributed by atoms with Crippen LogP contribution < -0.4 is 10.9 Å². The number of anilines is 1. The van der Waals surface area contributed by atoms with Crippen LogP contribution in [0.3, 0.4) is 0 Å². The molecule has 0 unspecified atom stereocenters. The van der Waals surface area contributed by atoms with Gasteiger partial charge >= 0.3 is 5.97 Å². The monoisotopic (exact) mass is 475 g/mol. The van der Waals surface area contributed by atoms with Crippen LogP contribution in [0.1, 0.15) is 65.9 Å². The van der Waals surface area contributed by atoms with Gasteiger partial charge in [0.15, 0.2) is 5.65 Å². The molecule has 35 heavy (non-hydrogen) atoms. The molecule has 2 heterocycles. The van der Waals surface area contributed by atoms with Crippen molar-refractivity contribution in [2.45, 2.75) is 59.0 Å². The first-order chi connectivity index (χ1) is 16.8. The minimum atomic E-state index is -0.529. The minimum Gasteiger partial charge on any atom is -0.456 e. The van der Waals surface area contributed by atoms with E-state index in [1.807, 2.05) is 13.0 Å². The number of fused-ring (bicyclic) bond motifs is 1. The zero-order chi connectivity index (χ0) is 24.3. The molecule has 7 rings (SSSR count). The zero-order valence-corrected chi connectivity index (χ0v) is 20.0. The molecule has 0 saturated heterocycles. The number of nitrogens with zero attached hydrogens (tertiary/aromatic N) is 2. The first-order valence-corrected chi connectivity index (χ1v) is 12.4. The second-order valence-electron chi connectivity index (χ2n) is 10.8. The first-order valence-electron chi connectivity index (χ1n) is 12.4. The molecule has 0 radical (unpaired) electrons. The number of amides is 1. The maximum Gasteiger partial charge on any atom is 0.338 e. The Balaban J connectivity index is 1.17. The maximum absolute atomic E-state index is 13.5. The molecule has 0 aliphatic heterocycles. The third-order valence-electron chi connectivity index (χ3n) is 8.20. The molecular formula is C27H29N3O5. The van der Waals surface area contributed by atoms with Gasteiger partial charge in [0.2, 0.25) is 5.91 Å². The number of rotatable bonds is 5. The molecule has 1 N–H and O–H groups in total. The van der Waals surface area contributed by atoms with Gasteiger partial charge in [0.05, 0.1) is 16.7 Å². The Labute approximate surface area is 202 Å². The number of aryl methyl sites for hydroxylation is 1. The van der Waals surface area contributed by atoms with Crippen molar-refractivity contribution in [2.75, 3.05) is 5.32 Å². The van der Waals surface area contributed by atoms with Gasteiger partial charge < -0.3 is 14.6 Å². The van der Waals surface area contributed by atoms with Gasteiger partial charge in [-0.3, -0.25) is 9.59 Å². The molecule has 4 aliphatic carbocycles. The van der Waals surface area contributed by atoms with Gasteiger partial charge in [-0.05, 0) is 87.8 Å². The van der Waals surface area contributed by atoms with Crippen LogP contribution in [-0.4, -0.2) is 21.4 Å². The predicted octanol–water partition coefficient (Wildman–Crippen LogP) is 4.42.